The van der Waals surface area contributed by atoms with Crippen molar-refractivity contribution in [2.75, 3.05) is 46.0 Å². The minimum atomic E-state index is -0.667. The average molecular weight is 419 g/mol. The number of morpholine rings is 1. The number of likely N-dealkylation sites (tertiary alicyclic amines) is 1. The van der Waals surface area contributed by atoms with Crippen LogP contribution in [0.3, 0.4) is 0 Å². The Bertz CT molecular complexity index is 782. The maximum atomic E-state index is 13.6. The number of rotatable bonds is 4. The maximum Gasteiger partial charge on any atom is 0.314 e. The van der Waals surface area contributed by atoms with E-state index in [1.54, 1.807) is 17.0 Å². The number of carbonyl (C=O) groups excluding carboxylic acids is 2. The van der Waals surface area contributed by atoms with Gasteiger partial charge < -0.3 is 14.4 Å². The monoisotopic (exact) mass is 418 g/mol. The number of benzene rings is 1. The van der Waals surface area contributed by atoms with Crippen LogP contribution in [0.4, 0.5) is 4.39 Å². The zero-order valence-corrected chi connectivity index (χ0v) is 17.6. The number of esters is 1. The summed E-state index contributed by atoms with van der Waals surface area (Å²) in [6.45, 7) is 6.49. The first-order valence-corrected chi connectivity index (χ1v) is 11.1. The molecular formula is C23H31FN2O4. The van der Waals surface area contributed by atoms with Crippen LogP contribution in [-0.4, -0.2) is 73.7 Å². The molecule has 3 atom stereocenters. The first kappa shape index (κ1) is 21.2. The molecular weight excluding hydrogens is 387 g/mol. The fourth-order valence-corrected chi connectivity index (χ4v) is 5.49. The normalized spacial score (nSPS) is 29.9. The molecule has 2 heterocycles. The van der Waals surface area contributed by atoms with Gasteiger partial charge in [-0.15, -0.1) is 0 Å². The van der Waals surface area contributed by atoms with Gasteiger partial charge in [0.25, 0.3) is 5.91 Å². The Kier molecular flexibility index (Phi) is 6.39. The highest BCUT2D eigenvalue weighted by atomic mass is 19.1. The van der Waals surface area contributed by atoms with E-state index in [0.29, 0.717) is 37.7 Å². The Hall–Kier alpha value is -1.99. The van der Waals surface area contributed by atoms with Crippen molar-refractivity contribution in [2.45, 2.75) is 38.6 Å². The quantitative estimate of drug-likeness (QED) is 0.704. The standard InChI is InChI=1S/C23H31FN2O4/c1-2-30-22(28)23-8-6-20(25-10-12-29-13-11-25)15-18(23)7-9-26(16-23)21(27)17-4-3-5-19(24)14-17/h3-5,14,18,20H,2,6-13,15-16H2,1H3/t18-,20+,23-/m1/s1. The Morgan fingerprint density at radius 1 is 1.23 bits per heavy atom. The molecule has 0 radical (unpaired) electrons. The highest BCUT2D eigenvalue weighted by molar-refractivity contribution is 5.94. The molecule has 4 rings (SSSR count). The molecule has 3 aliphatic rings. The van der Waals surface area contributed by atoms with Gasteiger partial charge in [-0.2, -0.15) is 0 Å². The molecule has 0 unspecified atom stereocenters. The molecule has 3 fully saturated rings. The average Bonchev–Trinajstić information content (AvgIpc) is 2.78. The van der Waals surface area contributed by atoms with Gasteiger partial charge in [0.15, 0.2) is 0 Å². The van der Waals surface area contributed by atoms with Crippen molar-refractivity contribution in [3.8, 4) is 0 Å². The Morgan fingerprint density at radius 3 is 2.77 bits per heavy atom. The third kappa shape index (κ3) is 4.10. The molecule has 1 aliphatic carbocycles. The molecule has 6 nitrogen and oxygen atoms in total. The van der Waals surface area contributed by atoms with Gasteiger partial charge in [0.2, 0.25) is 0 Å². The van der Waals surface area contributed by atoms with Crippen LogP contribution in [0.1, 0.15) is 43.0 Å². The largest absolute Gasteiger partial charge is 0.466 e. The summed E-state index contributed by atoms with van der Waals surface area (Å²) in [5.74, 6) is -0.643. The van der Waals surface area contributed by atoms with Crippen LogP contribution < -0.4 is 0 Å². The lowest BCUT2D eigenvalue weighted by Gasteiger charge is -2.52. The molecule has 1 aromatic rings. The minimum Gasteiger partial charge on any atom is -0.466 e. The van der Waals surface area contributed by atoms with E-state index in [2.05, 4.69) is 4.90 Å². The van der Waals surface area contributed by atoms with Crippen LogP contribution in [0.5, 0.6) is 0 Å². The summed E-state index contributed by atoms with van der Waals surface area (Å²) >= 11 is 0. The predicted molar refractivity (Wildman–Crippen MR) is 110 cm³/mol. The molecule has 0 aromatic heterocycles. The second-order valence-electron chi connectivity index (χ2n) is 8.68. The summed E-state index contributed by atoms with van der Waals surface area (Å²) in [5, 5.41) is 0. The zero-order valence-electron chi connectivity index (χ0n) is 17.6. The van der Waals surface area contributed by atoms with E-state index in [0.717, 1.165) is 45.6 Å². The molecule has 164 valence electrons. The van der Waals surface area contributed by atoms with Crippen LogP contribution in [-0.2, 0) is 14.3 Å². The number of piperidine rings is 1. The number of hydrogen-bond acceptors (Lipinski definition) is 5. The first-order valence-electron chi connectivity index (χ1n) is 11.1. The number of amides is 1. The van der Waals surface area contributed by atoms with Crippen molar-refractivity contribution in [1.82, 2.24) is 9.80 Å². The summed E-state index contributed by atoms with van der Waals surface area (Å²) in [7, 11) is 0. The molecule has 30 heavy (non-hydrogen) atoms. The molecule has 1 aromatic carbocycles. The SMILES string of the molecule is CCOC(=O)[C@@]12CC[C@H](N3CCOCC3)C[C@H]1CCN(C(=O)c1cccc(F)c1)C2. The van der Waals surface area contributed by atoms with Crippen LogP contribution in [0.2, 0.25) is 0 Å². The van der Waals surface area contributed by atoms with Crippen LogP contribution in [0, 0.1) is 17.2 Å². The number of carbonyl (C=O) groups is 2. The molecule has 0 N–H and O–H groups in total. The molecule has 0 bridgehead atoms. The number of nitrogens with zero attached hydrogens (tertiary/aromatic N) is 2. The smallest absolute Gasteiger partial charge is 0.314 e. The van der Waals surface area contributed by atoms with Crippen molar-refractivity contribution in [2.24, 2.45) is 11.3 Å². The van der Waals surface area contributed by atoms with Gasteiger partial charge in [-0.25, -0.2) is 4.39 Å². The molecule has 2 aliphatic heterocycles. The predicted octanol–water partition coefficient (Wildman–Crippen LogP) is 2.72. The first-order chi connectivity index (χ1) is 14.5. The van der Waals surface area contributed by atoms with Gasteiger partial charge in [0, 0.05) is 37.8 Å². The van der Waals surface area contributed by atoms with Crippen LogP contribution in [0.15, 0.2) is 24.3 Å². The van der Waals surface area contributed by atoms with E-state index in [4.69, 9.17) is 9.47 Å². The van der Waals surface area contributed by atoms with Crippen molar-refractivity contribution < 1.29 is 23.5 Å². The zero-order chi connectivity index (χ0) is 21.1. The van der Waals surface area contributed by atoms with Gasteiger partial charge >= 0.3 is 5.97 Å². The number of fused-ring (bicyclic) bond motifs is 1. The molecule has 0 spiro atoms. The molecule has 1 saturated carbocycles. The van der Waals surface area contributed by atoms with Gasteiger partial charge in [-0.05, 0) is 56.7 Å². The summed E-state index contributed by atoms with van der Waals surface area (Å²) in [5.41, 5.74) is -0.338. The van der Waals surface area contributed by atoms with Gasteiger partial charge in [0.05, 0.1) is 25.2 Å². The van der Waals surface area contributed by atoms with Crippen molar-refractivity contribution in [3.05, 3.63) is 35.6 Å². The van der Waals surface area contributed by atoms with E-state index >= 15 is 0 Å². The van der Waals surface area contributed by atoms with E-state index in [1.165, 1.54) is 12.1 Å². The lowest BCUT2D eigenvalue weighted by molar-refractivity contribution is -0.168. The number of ether oxygens (including phenoxy) is 2. The Labute approximate surface area is 177 Å². The second kappa shape index (κ2) is 9.02. The van der Waals surface area contributed by atoms with Crippen LogP contribution in [0.25, 0.3) is 0 Å². The minimum absolute atomic E-state index is 0.188. The van der Waals surface area contributed by atoms with E-state index in [1.807, 2.05) is 6.92 Å². The van der Waals surface area contributed by atoms with Gasteiger partial charge in [0.1, 0.15) is 5.82 Å². The molecule has 1 amide bonds. The third-order valence-electron chi connectivity index (χ3n) is 7.09. The van der Waals surface area contributed by atoms with Crippen LogP contribution >= 0.6 is 0 Å². The summed E-state index contributed by atoms with van der Waals surface area (Å²) in [4.78, 5) is 30.4. The topological polar surface area (TPSA) is 59.1 Å². The lowest BCUT2D eigenvalue weighted by atomic mass is 9.61. The molecule has 7 heteroatoms. The second-order valence-corrected chi connectivity index (χ2v) is 8.68. The van der Waals surface area contributed by atoms with Crippen molar-refractivity contribution in [1.29, 1.82) is 0 Å². The summed E-state index contributed by atoms with van der Waals surface area (Å²) in [6, 6.07) is 6.22. The number of hydrogen-bond donors (Lipinski definition) is 0. The van der Waals surface area contributed by atoms with Gasteiger partial charge in [-0.3, -0.25) is 14.5 Å². The highest BCUT2D eigenvalue weighted by Gasteiger charge is 2.54. The van der Waals surface area contributed by atoms with Crippen molar-refractivity contribution >= 4 is 11.9 Å². The fraction of sp³-hybridized carbons (Fsp3) is 0.652. The highest BCUT2D eigenvalue weighted by Crippen LogP contribution is 2.48. The van der Waals surface area contributed by atoms with E-state index in [-0.39, 0.29) is 17.8 Å². The lowest BCUT2D eigenvalue weighted by Crippen LogP contribution is -2.59. The van der Waals surface area contributed by atoms with E-state index < -0.39 is 11.2 Å². The third-order valence-corrected chi connectivity index (χ3v) is 7.09. The van der Waals surface area contributed by atoms with Gasteiger partial charge in [-0.1, -0.05) is 6.07 Å². The fourth-order valence-electron chi connectivity index (χ4n) is 5.49. The Morgan fingerprint density at radius 2 is 2.03 bits per heavy atom. The van der Waals surface area contributed by atoms with E-state index in [9.17, 15) is 14.0 Å². The maximum absolute atomic E-state index is 13.6. The number of halogens is 1. The molecule has 2 saturated heterocycles. The Balaban J connectivity index is 1.53. The summed E-state index contributed by atoms with van der Waals surface area (Å²) < 4.78 is 24.6. The van der Waals surface area contributed by atoms with Crippen molar-refractivity contribution in [3.63, 3.8) is 0 Å². The summed E-state index contributed by atoms with van der Waals surface area (Å²) in [6.07, 6.45) is 3.34.